The third kappa shape index (κ3) is 3.00. The zero-order valence-corrected chi connectivity index (χ0v) is 10.8. The number of benzene rings is 1. The van der Waals surface area contributed by atoms with Crippen LogP contribution in [0.4, 0.5) is 0 Å². The molecule has 0 aliphatic rings. The van der Waals surface area contributed by atoms with Crippen LogP contribution in [-0.2, 0) is 6.54 Å². The lowest BCUT2D eigenvalue weighted by Gasteiger charge is -2.03. The number of aromatic nitrogens is 2. The van der Waals surface area contributed by atoms with Crippen molar-refractivity contribution in [1.82, 2.24) is 9.78 Å². The van der Waals surface area contributed by atoms with E-state index in [0.717, 1.165) is 0 Å². The predicted molar refractivity (Wildman–Crippen MR) is 68.0 cm³/mol. The van der Waals surface area contributed by atoms with Crippen LogP contribution in [0.5, 0.6) is 0 Å². The fourth-order valence-corrected chi connectivity index (χ4v) is 1.79. The molecule has 1 heterocycles. The molecular weight excluding hydrogens is 282 g/mol. The van der Waals surface area contributed by atoms with Gasteiger partial charge in [-0.2, -0.15) is 5.10 Å². The highest BCUT2D eigenvalue weighted by Gasteiger charge is 2.09. The molecule has 88 valence electrons. The Balaban J connectivity index is 2.17. The van der Waals surface area contributed by atoms with E-state index in [1.165, 1.54) is 16.9 Å². The summed E-state index contributed by atoms with van der Waals surface area (Å²) in [6.07, 6.45) is 3.06. The molecule has 17 heavy (non-hydrogen) atoms. The topological polar surface area (TPSA) is 34.9 Å². The third-order valence-corrected chi connectivity index (χ3v) is 3.08. The van der Waals surface area contributed by atoms with Gasteiger partial charge in [-0.3, -0.25) is 9.48 Å². The number of ketones is 1. The molecule has 2 aromatic rings. The predicted octanol–water partition coefficient (Wildman–Crippen LogP) is 3.73. The standard InChI is InChI=1S/C11H7Cl3N2O/c12-8-4-15-16(5-8)6-11(17)7-1-2-9(13)10(14)3-7/h1-5H,6H2. The summed E-state index contributed by atoms with van der Waals surface area (Å²) in [6, 6.07) is 4.76. The first-order valence-corrected chi connectivity index (χ1v) is 5.86. The van der Waals surface area contributed by atoms with Gasteiger partial charge in [-0.05, 0) is 18.2 Å². The third-order valence-electron chi connectivity index (χ3n) is 2.15. The lowest BCUT2D eigenvalue weighted by Crippen LogP contribution is -2.10. The van der Waals surface area contributed by atoms with E-state index in [1.807, 2.05) is 0 Å². The zero-order valence-electron chi connectivity index (χ0n) is 8.53. The number of carbonyl (C=O) groups is 1. The lowest BCUT2D eigenvalue weighted by molar-refractivity contribution is 0.0968. The molecule has 0 atom stereocenters. The van der Waals surface area contributed by atoms with Gasteiger partial charge in [-0.1, -0.05) is 34.8 Å². The van der Waals surface area contributed by atoms with Crippen molar-refractivity contribution >= 4 is 40.6 Å². The zero-order chi connectivity index (χ0) is 12.4. The summed E-state index contributed by atoms with van der Waals surface area (Å²) in [7, 11) is 0. The second-order valence-corrected chi connectivity index (χ2v) is 4.66. The van der Waals surface area contributed by atoms with Gasteiger partial charge in [-0.25, -0.2) is 0 Å². The maximum atomic E-state index is 11.9. The average Bonchev–Trinajstić information content (AvgIpc) is 2.68. The van der Waals surface area contributed by atoms with E-state index in [9.17, 15) is 4.79 Å². The summed E-state index contributed by atoms with van der Waals surface area (Å²) >= 11 is 17.3. The van der Waals surface area contributed by atoms with Crippen molar-refractivity contribution in [2.24, 2.45) is 0 Å². The Morgan fingerprint density at radius 1 is 1.24 bits per heavy atom. The van der Waals surface area contributed by atoms with Crippen LogP contribution >= 0.6 is 34.8 Å². The Morgan fingerprint density at radius 3 is 2.59 bits per heavy atom. The molecule has 0 bridgehead atoms. The summed E-state index contributed by atoms with van der Waals surface area (Å²) < 4.78 is 1.47. The van der Waals surface area contributed by atoms with Crippen molar-refractivity contribution < 1.29 is 4.79 Å². The summed E-state index contributed by atoms with van der Waals surface area (Å²) in [5.74, 6) is -0.108. The Hall–Kier alpha value is -1.03. The molecular formula is C11H7Cl3N2O. The number of Topliss-reactive ketones (excluding diaryl/α,β-unsaturated/α-hetero) is 1. The van der Waals surface area contributed by atoms with E-state index in [0.29, 0.717) is 20.6 Å². The van der Waals surface area contributed by atoms with Gasteiger partial charge in [0.2, 0.25) is 0 Å². The van der Waals surface area contributed by atoms with Crippen LogP contribution in [0, 0.1) is 0 Å². The molecule has 0 fully saturated rings. The molecule has 2 rings (SSSR count). The highest BCUT2D eigenvalue weighted by molar-refractivity contribution is 6.42. The summed E-state index contributed by atoms with van der Waals surface area (Å²) in [5, 5.41) is 5.20. The molecule has 0 aliphatic carbocycles. The Morgan fingerprint density at radius 2 is 2.00 bits per heavy atom. The maximum Gasteiger partial charge on any atom is 0.184 e. The van der Waals surface area contributed by atoms with Crippen LogP contribution in [0.1, 0.15) is 10.4 Å². The van der Waals surface area contributed by atoms with Crippen LogP contribution in [0.3, 0.4) is 0 Å². The van der Waals surface area contributed by atoms with Crippen molar-refractivity contribution in [3.8, 4) is 0 Å². The smallest absolute Gasteiger partial charge is 0.184 e. The van der Waals surface area contributed by atoms with E-state index < -0.39 is 0 Å². The van der Waals surface area contributed by atoms with Crippen LogP contribution in [0.15, 0.2) is 30.6 Å². The van der Waals surface area contributed by atoms with E-state index in [4.69, 9.17) is 34.8 Å². The van der Waals surface area contributed by atoms with Crippen LogP contribution < -0.4 is 0 Å². The molecule has 1 aromatic carbocycles. The quantitative estimate of drug-likeness (QED) is 0.807. The van der Waals surface area contributed by atoms with E-state index in [1.54, 1.807) is 18.3 Å². The van der Waals surface area contributed by atoms with Gasteiger partial charge in [0.05, 0.1) is 21.3 Å². The van der Waals surface area contributed by atoms with E-state index >= 15 is 0 Å². The number of hydrogen-bond acceptors (Lipinski definition) is 2. The van der Waals surface area contributed by atoms with Crippen LogP contribution in [0.25, 0.3) is 0 Å². The molecule has 0 saturated heterocycles. The molecule has 6 heteroatoms. The lowest BCUT2D eigenvalue weighted by atomic mass is 10.1. The molecule has 0 spiro atoms. The largest absolute Gasteiger partial charge is 0.292 e. The monoisotopic (exact) mass is 288 g/mol. The number of carbonyl (C=O) groups excluding carboxylic acids is 1. The second kappa shape index (κ2) is 5.08. The van der Waals surface area contributed by atoms with Crippen molar-refractivity contribution in [3.05, 3.63) is 51.2 Å². The minimum atomic E-state index is -0.108. The maximum absolute atomic E-state index is 11.9. The average molecular weight is 290 g/mol. The summed E-state index contributed by atoms with van der Waals surface area (Å²) in [6.45, 7) is 0.116. The first-order valence-electron chi connectivity index (χ1n) is 4.72. The molecule has 0 saturated carbocycles. The molecule has 0 aliphatic heterocycles. The number of hydrogen-bond donors (Lipinski definition) is 0. The Kier molecular flexibility index (Phi) is 3.72. The molecule has 0 N–H and O–H groups in total. The first kappa shape index (κ1) is 12.4. The minimum absolute atomic E-state index is 0.108. The van der Waals surface area contributed by atoms with Crippen molar-refractivity contribution in [2.75, 3.05) is 0 Å². The highest BCUT2D eigenvalue weighted by Crippen LogP contribution is 2.23. The molecule has 0 amide bonds. The van der Waals surface area contributed by atoms with Gasteiger partial charge in [0.1, 0.15) is 6.54 Å². The minimum Gasteiger partial charge on any atom is -0.292 e. The Bertz CT molecular complexity index is 566. The van der Waals surface area contributed by atoms with Gasteiger partial charge in [-0.15, -0.1) is 0 Å². The molecule has 1 aromatic heterocycles. The SMILES string of the molecule is O=C(Cn1cc(Cl)cn1)c1ccc(Cl)c(Cl)c1. The molecule has 0 unspecified atom stereocenters. The molecule has 0 radical (unpaired) electrons. The summed E-state index contributed by atoms with van der Waals surface area (Å²) in [5.41, 5.74) is 0.492. The van der Waals surface area contributed by atoms with Crippen LogP contribution in [0.2, 0.25) is 15.1 Å². The highest BCUT2D eigenvalue weighted by atomic mass is 35.5. The Labute approximate surface area is 113 Å². The fraction of sp³-hybridized carbons (Fsp3) is 0.0909. The van der Waals surface area contributed by atoms with Gasteiger partial charge in [0, 0.05) is 11.8 Å². The molecule has 3 nitrogen and oxygen atoms in total. The van der Waals surface area contributed by atoms with Crippen molar-refractivity contribution in [1.29, 1.82) is 0 Å². The van der Waals surface area contributed by atoms with Gasteiger partial charge < -0.3 is 0 Å². The number of rotatable bonds is 3. The van der Waals surface area contributed by atoms with E-state index in [2.05, 4.69) is 5.10 Å². The first-order chi connectivity index (χ1) is 8.06. The second-order valence-electron chi connectivity index (χ2n) is 3.41. The van der Waals surface area contributed by atoms with Crippen molar-refractivity contribution in [3.63, 3.8) is 0 Å². The fourth-order valence-electron chi connectivity index (χ4n) is 1.33. The number of halogens is 3. The van der Waals surface area contributed by atoms with Crippen LogP contribution in [-0.4, -0.2) is 15.6 Å². The number of nitrogens with zero attached hydrogens (tertiary/aromatic N) is 2. The van der Waals surface area contributed by atoms with Gasteiger partial charge >= 0.3 is 0 Å². The van der Waals surface area contributed by atoms with Gasteiger partial charge in [0.15, 0.2) is 5.78 Å². The van der Waals surface area contributed by atoms with E-state index in [-0.39, 0.29) is 12.3 Å². The van der Waals surface area contributed by atoms with Gasteiger partial charge in [0.25, 0.3) is 0 Å². The summed E-state index contributed by atoms with van der Waals surface area (Å²) in [4.78, 5) is 11.9. The van der Waals surface area contributed by atoms with Crippen molar-refractivity contribution in [2.45, 2.75) is 6.54 Å². The normalized spacial score (nSPS) is 10.5.